The molecule has 1 N–H and O–H groups in total. The van der Waals surface area contributed by atoms with Crippen LogP contribution in [0.25, 0.3) is 0 Å². The lowest BCUT2D eigenvalue weighted by Gasteiger charge is -2.49. The van der Waals surface area contributed by atoms with Gasteiger partial charge in [0, 0.05) is 25.2 Å². The molecule has 1 unspecified atom stereocenters. The van der Waals surface area contributed by atoms with Crippen LogP contribution in [0.15, 0.2) is 0 Å². The fourth-order valence-electron chi connectivity index (χ4n) is 2.26. The summed E-state index contributed by atoms with van der Waals surface area (Å²) in [6.45, 7) is 7.23. The number of likely N-dealkylation sites (N-methyl/N-ethyl adjacent to an activating group) is 1. The molecule has 1 heterocycles. The zero-order valence-electron chi connectivity index (χ0n) is 8.43. The van der Waals surface area contributed by atoms with Gasteiger partial charge in [-0.05, 0) is 25.3 Å². The van der Waals surface area contributed by atoms with Gasteiger partial charge in [0.1, 0.15) is 0 Å². The first-order valence-electron chi connectivity index (χ1n) is 5.02. The molecular weight excluding hydrogens is 148 g/mol. The highest BCUT2D eigenvalue weighted by Crippen LogP contribution is 2.40. The van der Waals surface area contributed by atoms with Gasteiger partial charge in [0.2, 0.25) is 0 Å². The molecule has 12 heavy (non-hydrogen) atoms. The van der Waals surface area contributed by atoms with Gasteiger partial charge >= 0.3 is 0 Å². The van der Waals surface area contributed by atoms with E-state index >= 15 is 0 Å². The molecule has 1 aliphatic heterocycles. The zero-order valence-corrected chi connectivity index (χ0v) is 8.43. The van der Waals surface area contributed by atoms with E-state index in [9.17, 15) is 0 Å². The Balaban J connectivity index is 1.74. The van der Waals surface area contributed by atoms with Crippen LogP contribution < -0.4 is 5.32 Å². The van der Waals surface area contributed by atoms with E-state index in [0.717, 1.165) is 12.1 Å². The first kappa shape index (κ1) is 8.52. The van der Waals surface area contributed by atoms with E-state index in [4.69, 9.17) is 0 Å². The highest BCUT2D eigenvalue weighted by molar-refractivity contribution is 4.98. The SMILES string of the molecule is CN1CC(NC2CCC2(C)C)C1. The molecule has 2 nitrogen and oxygen atoms in total. The monoisotopic (exact) mass is 168 g/mol. The number of rotatable bonds is 2. The van der Waals surface area contributed by atoms with E-state index in [0.29, 0.717) is 5.41 Å². The van der Waals surface area contributed by atoms with Gasteiger partial charge in [-0.3, -0.25) is 0 Å². The summed E-state index contributed by atoms with van der Waals surface area (Å²) < 4.78 is 0. The summed E-state index contributed by atoms with van der Waals surface area (Å²) in [7, 11) is 2.18. The predicted molar refractivity (Wildman–Crippen MR) is 51.2 cm³/mol. The third-order valence-electron chi connectivity index (χ3n) is 3.52. The Bertz CT molecular complexity index is 171. The second kappa shape index (κ2) is 2.71. The Labute approximate surface area is 75.3 Å². The average molecular weight is 168 g/mol. The minimum absolute atomic E-state index is 0.564. The first-order chi connectivity index (χ1) is 5.58. The lowest BCUT2D eigenvalue weighted by molar-refractivity contribution is 0.0599. The van der Waals surface area contributed by atoms with Crippen LogP contribution in [0.2, 0.25) is 0 Å². The second-order valence-electron chi connectivity index (χ2n) is 5.16. The minimum Gasteiger partial charge on any atom is -0.308 e. The standard InChI is InChI=1S/C10H20N2/c1-10(2)5-4-9(10)11-8-6-12(3)7-8/h8-9,11H,4-7H2,1-3H3. The van der Waals surface area contributed by atoms with Crippen molar-refractivity contribution >= 4 is 0 Å². The average Bonchev–Trinajstić information content (AvgIpc) is 1.93. The predicted octanol–water partition coefficient (Wildman–Crippen LogP) is 1.08. The molecule has 0 spiro atoms. The van der Waals surface area contributed by atoms with E-state index < -0.39 is 0 Å². The minimum atomic E-state index is 0.564. The molecule has 0 aromatic carbocycles. The topological polar surface area (TPSA) is 15.3 Å². The van der Waals surface area contributed by atoms with Gasteiger partial charge in [0.15, 0.2) is 0 Å². The van der Waals surface area contributed by atoms with Crippen molar-refractivity contribution in [1.82, 2.24) is 10.2 Å². The number of nitrogens with zero attached hydrogens (tertiary/aromatic N) is 1. The van der Waals surface area contributed by atoms with E-state index in [1.807, 2.05) is 0 Å². The molecule has 0 amide bonds. The molecule has 1 saturated heterocycles. The summed E-state index contributed by atoms with van der Waals surface area (Å²) >= 11 is 0. The summed E-state index contributed by atoms with van der Waals surface area (Å²) in [6, 6.07) is 1.57. The molecule has 0 radical (unpaired) electrons. The highest BCUT2D eigenvalue weighted by Gasteiger charge is 2.40. The Morgan fingerprint density at radius 2 is 2.00 bits per heavy atom. The van der Waals surface area contributed by atoms with Crippen molar-refractivity contribution in [2.24, 2.45) is 5.41 Å². The van der Waals surface area contributed by atoms with Crippen molar-refractivity contribution in [2.75, 3.05) is 20.1 Å². The molecule has 0 bridgehead atoms. The smallest absolute Gasteiger partial charge is 0.0325 e. The van der Waals surface area contributed by atoms with Crippen LogP contribution in [-0.4, -0.2) is 37.1 Å². The molecule has 70 valence electrons. The summed E-state index contributed by atoms with van der Waals surface area (Å²) in [6.07, 6.45) is 2.78. The van der Waals surface area contributed by atoms with Crippen LogP contribution in [0.1, 0.15) is 26.7 Å². The summed E-state index contributed by atoms with van der Waals surface area (Å²) in [5.41, 5.74) is 0.564. The number of likely N-dealkylation sites (tertiary alicyclic amines) is 1. The summed E-state index contributed by atoms with van der Waals surface area (Å²) in [5, 5.41) is 3.73. The number of hydrogen-bond acceptors (Lipinski definition) is 2. The Kier molecular flexibility index (Phi) is 1.92. The molecular formula is C10H20N2. The number of nitrogens with one attached hydrogen (secondary N) is 1. The Morgan fingerprint density at radius 1 is 1.33 bits per heavy atom. The molecule has 1 saturated carbocycles. The van der Waals surface area contributed by atoms with Crippen molar-refractivity contribution in [1.29, 1.82) is 0 Å². The molecule has 2 fully saturated rings. The van der Waals surface area contributed by atoms with Gasteiger partial charge in [-0.15, -0.1) is 0 Å². The van der Waals surface area contributed by atoms with Crippen LogP contribution >= 0.6 is 0 Å². The third-order valence-corrected chi connectivity index (χ3v) is 3.52. The van der Waals surface area contributed by atoms with Crippen LogP contribution in [0, 0.1) is 5.41 Å². The van der Waals surface area contributed by atoms with Gasteiger partial charge in [-0.2, -0.15) is 0 Å². The van der Waals surface area contributed by atoms with Crippen molar-refractivity contribution in [2.45, 2.75) is 38.8 Å². The molecule has 0 aromatic rings. The third kappa shape index (κ3) is 1.38. The summed E-state index contributed by atoms with van der Waals surface area (Å²) in [4.78, 5) is 2.36. The lowest BCUT2D eigenvalue weighted by atomic mass is 9.67. The van der Waals surface area contributed by atoms with Crippen molar-refractivity contribution < 1.29 is 0 Å². The van der Waals surface area contributed by atoms with E-state index in [-0.39, 0.29) is 0 Å². The molecule has 1 atom stereocenters. The molecule has 2 heteroatoms. The molecule has 2 aliphatic rings. The maximum Gasteiger partial charge on any atom is 0.0325 e. The Morgan fingerprint density at radius 3 is 2.33 bits per heavy atom. The molecule has 1 aliphatic carbocycles. The van der Waals surface area contributed by atoms with Gasteiger partial charge in [-0.25, -0.2) is 0 Å². The lowest BCUT2D eigenvalue weighted by Crippen LogP contribution is -2.63. The van der Waals surface area contributed by atoms with E-state index in [2.05, 4.69) is 31.1 Å². The molecule has 0 aromatic heterocycles. The van der Waals surface area contributed by atoms with Crippen molar-refractivity contribution in [3.05, 3.63) is 0 Å². The number of hydrogen-bond donors (Lipinski definition) is 1. The van der Waals surface area contributed by atoms with Crippen LogP contribution in [-0.2, 0) is 0 Å². The highest BCUT2D eigenvalue weighted by atomic mass is 15.2. The largest absolute Gasteiger partial charge is 0.308 e. The van der Waals surface area contributed by atoms with Crippen molar-refractivity contribution in [3.63, 3.8) is 0 Å². The fraction of sp³-hybridized carbons (Fsp3) is 1.00. The maximum atomic E-state index is 3.73. The van der Waals surface area contributed by atoms with Gasteiger partial charge in [-0.1, -0.05) is 13.8 Å². The van der Waals surface area contributed by atoms with Crippen molar-refractivity contribution in [3.8, 4) is 0 Å². The Hall–Kier alpha value is -0.0800. The van der Waals surface area contributed by atoms with Crippen LogP contribution in [0.4, 0.5) is 0 Å². The quantitative estimate of drug-likeness (QED) is 0.663. The van der Waals surface area contributed by atoms with Crippen LogP contribution in [0.5, 0.6) is 0 Å². The maximum absolute atomic E-state index is 3.73. The van der Waals surface area contributed by atoms with Gasteiger partial charge in [0.25, 0.3) is 0 Å². The fourth-order valence-corrected chi connectivity index (χ4v) is 2.26. The van der Waals surface area contributed by atoms with E-state index in [1.54, 1.807) is 0 Å². The van der Waals surface area contributed by atoms with Gasteiger partial charge in [0.05, 0.1) is 0 Å². The second-order valence-corrected chi connectivity index (χ2v) is 5.16. The van der Waals surface area contributed by atoms with Crippen LogP contribution in [0.3, 0.4) is 0 Å². The molecule has 2 rings (SSSR count). The normalized spacial score (nSPS) is 35.8. The van der Waals surface area contributed by atoms with E-state index in [1.165, 1.54) is 25.9 Å². The summed E-state index contributed by atoms with van der Waals surface area (Å²) in [5.74, 6) is 0. The zero-order chi connectivity index (χ0) is 8.77. The first-order valence-corrected chi connectivity index (χ1v) is 5.02. The van der Waals surface area contributed by atoms with Gasteiger partial charge < -0.3 is 10.2 Å².